The van der Waals surface area contributed by atoms with E-state index in [1.165, 1.54) is 12.1 Å². The number of carbonyl (C=O) groups excluding carboxylic acids is 2. The second-order valence-corrected chi connectivity index (χ2v) is 25.2. The van der Waals surface area contributed by atoms with Gasteiger partial charge in [-0.3, -0.25) is 18.7 Å². The lowest BCUT2D eigenvalue weighted by Crippen LogP contribution is -2.41. The fourth-order valence-electron chi connectivity index (χ4n) is 6.70. The maximum Gasteiger partial charge on any atom is 0.295 e. The number of benzene rings is 4. The van der Waals surface area contributed by atoms with Gasteiger partial charge in [-0.15, -0.1) is 0 Å². The van der Waals surface area contributed by atoms with Gasteiger partial charge in [0.05, 0.1) is 36.2 Å². The molecule has 0 aliphatic carbocycles. The normalized spacial score (nSPS) is 16.2. The third-order valence-corrected chi connectivity index (χ3v) is 18.2. The zero-order valence-electron chi connectivity index (χ0n) is 34.5. The number of nitrogens with zero attached hydrogens (tertiary/aromatic N) is 2. The molecule has 2 aliphatic rings. The minimum absolute atomic E-state index is 0.0488. The molecule has 2 saturated heterocycles. The van der Waals surface area contributed by atoms with Crippen molar-refractivity contribution in [2.45, 2.75) is 29.4 Å². The highest BCUT2D eigenvalue weighted by atomic mass is 32.2. The lowest BCUT2D eigenvalue weighted by Gasteiger charge is -2.27. The van der Waals surface area contributed by atoms with E-state index < -0.39 is 101 Å². The van der Waals surface area contributed by atoms with Crippen LogP contribution in [0.1, 0.15) is 31.8 Å². The Kier molecular flexibility index (Phi) is 14.5. The molecule has 356 valence electrons. The van der Waals surface area contributed by atoms with Gasteiger partial charge < -0.3 is 20.1 Å². The Hall–Kier alpha value is -4.98. The largest absolute Gasteiger partial charge is 0.379 e. The summed E-state index contributed by atoms with van der Waals surface area (Å²) in [6.45, 7) is -0.124. The molecule has 2 aliphatic heterocycles. The van der Waals surface area contributed by atoms with E-state index in [0.717, 1.165) is 93.9 Å². The molecule has 0 radical (unpaired) electrons. The van der Waals surface area contributed by atoms with Gasteiger partial charge >= 0.3 is 0 Å². The quantitative estimate of drug-likeness (QED) is 0.103. The summed E-state index contributed by atoms with van der Waals surface area (Å²) in [4.78, 5) is 22.7. The molecule has 0 bridgehead atoms. The highest BCUT2D eigenvalue weighted by Crippen LogP contribution is 2.31. The summed E-state index contributed by atoms with van der Waals surface area (Å²) in [5.41, 5.74) is -1.71. The molecule has 66 heavy (non-hydrogen) atoms. The average molecular weight is 1030 g/mol. The van der Waals surface area contributed by atoms with Gasteiger partial charge in [-0.1, -0.05) is 24.3 Å². The van der Waals surface area contributed by atoms with Crippen LogP contribution in [0, 0.1) is 0 Å². The van der Waals surface area contributed by atoms with Gasteiger partial charge in [0, 0.05) is 61.2 Å². The van der Waals surface area contributed by atoms with Gasteiger partial charge in [0.1, 0.15) is 19.6 Å². The maximum absolute atomic E-state index is 13.5. The predicted molar refractivity (Wildman–Crippen MR) is 236 cm³/mol. The maximum atomic E-state index is 13.5. The van der Waals surface area contributed by atoms with E-state index in [2.05, 4.69) is 10.6 Å². The first-order valence-electron chi connectivity index (χ1n) is 19.0. The molecule has 0 spiro atoms. The van der Waals surface area contributed by atoms with Crippen molar-refractivity contribution in [3.63, 3.8) is 0 Å². The molecular formula is C38H40N4O18S6. The van der Waals surface area contributed by atoms with Crippen molar-refractivity contribution < 1.29 is 78.7 Å². The fraction of sp³-hybridized carbons (Fsp3) is 0.263. The molecule has 28 heteroatoms. The van der Waals surface area contributed by atoms with Gasteiger partial charge in [-0.25, -0.2) is 33.7 Å². The summed E-state index contributed by atoms with van der Waals surface area (Å²) in [6.07, 6.45) is 3.65. The van der Waals surface area contributed by atoms with Crippen LogP contribution >= 0.6 is 0 Å². The lowest BCUT2D eigenvalue weighted by atomic mass is 10.1. The molecule has 4 aromatic rings. The highest BCUT2D eigenvalue weighted by Gasteiger charge is 2.34. The molecule has 0 saturated carbocycles. The Labute approximate surface area is 380 Å². The number of anilines is 2. The summed E-state index contributed by atoms with van der Waals surface area (Å²) < 4.78 is 187. The van der Waals surface area contributed by atoms with Gasteiger partial charge in [0.25, 0.3) is 32.1 Å². The van der Waals surface area contributed by atoms with Crippen LogP contribution in [0.5, 0.6) is 0 Å². The van der Waals surface area contributed by atoms with E-state index in [9.17, 15) is 69.2 Å². The molecule has 0 unspecified atom stereocenters. The van der Waals surface area contributed by atoms with Crippen molar-refractivity contribution in [1.29, 1.82) is 0 Å². The van der Waals surface area contributed by atoms with E-state index >= 15 is 0 Å². The van der Waals surface area contributed by atoms with Gasteiger partial charge in [0.15, 0.2) is 19.7 Å². The fourth-order valence-corrected chi connectivity index (χ4v) is 14.2. The number of sulfonamides is 2. The van der Waals surface area contributed by atoms with Crippen LogP contribution in [0.3, 0.4) is 0 Å². The minimum atomic E-state index is -5.10. The number of hydrogen-bond acceptors (Lipinski definition) is 16. The number of morpholine rings is 2. The van der Waals surface area contributed by atoms with Crippen LogP contribution in [0.15, 0.2) is 102 Å². The molecule has 6 rings (SSSR count). The minimum Gasteiger partial charge on any atom is -0.379 e. The van der Waals surface area contributed by atoms with Crippen molar-refractivity contribution in [3.8, 4) is 0 Å². The second-order valence-electron chi connectivity index (χ2n) is 14.6. The Morgan fingerprint density at radius 2 is 0.818 bits per heavy atom. The van der Waals surface area contributed by atoms with E-state index in [1.54, 1.807) is 0 Å². The number of rotatable bonds is 14. The number of hydrogen-bond donors (Lipinski definition) is 4. The Bertz CT molecular complexity index is 3120. The van der Waals surface area contributed by atoms with E-state index in [-0.39, 0.29) is 86.2 Å². The number of sulfone groups is 2. The SMILES string of the molecule is CS(=O)(=O)c1ccc(C(=O)Nc2ccc(C=Cc3ccc(NC(=O)c4ccc(S(C)(=O)=O)c(S(=O)(=O)N5CCOCC5)c4)cc3S(=O)(=O)O)c(S(=O)(=O)O)c2)cc1S(=O)(=O)N1CCOCC1. The first-order chi connectivity index (χ1) is 30.6. The van der Waals surface area contributed by atoms with Crippen LogP contribution in [0.2, 0.25) is 0 Å². The van der Waals surface area contributed by atoms with E-state index in [1.807, 2.05) is 0 Å². The third kappa shape index (κ3) is 11.4. The second kappa shape index (κ2) is 19.0. The smallest absolute Gasteiger partial charge is 0.295 e. The van der Waals surface area contributed by atoms with Crippen LogP contribution in [0.25, 0.3) is 12.2 Å². The first-order valence-corrected chi connectivity index (χ1v) is 28.5. The lowest BCUT2D eigenvalue weighted by molar-refractivity contribution is 0.0729. The summed E-state index contributed by atoms with van der Waals surface area (Å²) in [7, 11) is -27.3. The van der Waals surface area contributed by atoms with Gasteiger partial charge in [-0.2, -0.15) is 25.4 Å². The van der Waals surface area contributed by atoms with E-state index in [0.29, 0.717) is 0 Å². The summed E-state index contributed by atoms with van der Waals surface area (Å²) in [5.74, 6) is -2.01. The van der Waals surface area contributed by atoms with Crippen molar-refractivity contribution in [2.75, 3.05) is 75.8 Å². The van der Waals surface area contributed by atoms with Crippen molar-refractivity contribution in [2.24, 2.45) is 0 Å². The zero-order chi connectivity index (χ0) is 48.6. The molecule has 2 amide bonds. The Morgan fingerprint density at radius 3 is 1.12 bits per heavy atom. The molecule has 0 atom stereocenters. The number of ether oxygens (including phenoxy) is 2. The van der Waals surface area contributed by atoms with E-state index in [4.69, 9.17) is 9.47 Å². The molecule has 0 aromatic heterocycles. The summed E-state index contributed by atoms with van der Waals surface area (Å²) in [6, 6.07) is 11.9. The zero-order valence-corrected chi connectivity index (χ0v) is 39.4. The number of nitrogens with one attached hydrogen (secondary N) is 2. The summed E-state index contributed by atoms with van der Waals surface area (Å²) >= 11 is 0. The van der Waals surface area contributed by atoms with Crippen molar-refractivity contribution >= 4 is 95.3 Å². The van der Waals surface area contributed by atoms with Gasteiger partial charge in [-0.05, 0) is 71.8 Å². The topological polar surface area (TPSA) is 328 Å². The van der Waals surface area contributed by atoms with Crippen LogP contribution in [-0.4, -0.2) is 145 Å². The number of amides is 2. The summed E-state index contributed by atoms with van der Waals surface area (Å²) in [5, 5.41) is 4.72. The Morgan fingerprint density at radius 1 is 0.485 bits per heavy atom. The molecule has 4 aromatic carbocycles. The molecule has 22 nitrogen and oxygen atoms in total. The standard InChI is InChI=1S/C38H40N4O18S6/c1-61(45,46)31-11-7-27(21-35(31)63(49,50)41-13-17-59-18-14-41)37(43)39-29-9-5-25(33(23-29)65(53,54)55)3-4-26-6-10-30(24-34(26)66(56,57)58)40-38(44)28-8-12-32(62(2,47)48)36(22-28)64(51,52)42-15-19-60-20-16-42/h3-12,21-24H,13-20H2,1-2H3,(H,39,43)(H,40,44)(H,53,54,55)(H,56,57,58). The van der Waals surface area contributed by atoms with Crippen LogP contribution < -0.4 is 10.6 Å². The highest BCUT2D eigenvalue weighted by molar-refractivity contribution is 7.93. The molecule has 2 heterocycles. The third-order valence-electron chi connectivity index (χ3n) is 9.93. The average Bonchev–Trinajstić information content (AvgIpc) is 3.25. The molecular weight excluding hydrogens is 993 g/mol. The Balaban J connectivity index is 1.27. The van der Waals surface area contributed by atoms with Crippen molar-refractivity contribution in [3.05, 3.63) is 95.1 Å². The number of carbonyl (C=O) groups is 2. The van der Waals surface area contributed by atoms with Crippen LogP contribution in [0.4, 0.5) is 11.4 Å². The molecule has 4 N–H and O–H groups in total. The predicted octanol–water partition coefficient (Wildman–Crippen LogP) is 1.70. The van der Waals surface area contributed by atoms with Crippen LogP contribution in [-0.2, 0) is 69.4 Å². The first kappa shape index (κ1) is 50.4. The van der Waals surface area contributed by atoms with Crippen molar-refractivity contribution in [1.82, 2.24) is 8.61 Å². The van der Waals surface area contributed by atoms with Gasteiger partial charge in [0.2, 0.25) is 20.0 Å². The molecule has 2 fully saturated rings. The monoisotopic (exact) mass is 1030 g/mol.